The first-order valence-electron chi connectivity index (χ1n) is 4.24. The zero-order valence-corrected chi connectivity index (χ0v) is 7.47. The Morgan fingerprint density at radius 3 is 2.43 bits per heavy atom. The van der Waals surface area contributed by atoms with Crippen molar-refractivity contribution in [3.05, 3.63) is 0 Å². The summed E-state index contributed by atoms with van der Waals surface area (Å²) in [7, 11) is 0. The van der Waals surface area contributed by atoms with Crippen LogP contribution >= 0.6 is 0 Å². The Morgan fingerprint density at radius 1 is 1.50 bits per heavy atom. The molecule has 0 saturated heterocycles. The number of amides is 1. The Hall–Kier alpha value is -1.18. The number of hydrogen-bond donors (Lipinski definition) is 0. The van der Waals surface area contributed by atoms with Gasteiger partial charge in [0.2, 0.25) is 0 Å². The van der Waals surface area contributed by atoms with Gasteiger partial charge in [-0.25, -0.2) is 0 Å². The van der Waals surface area contributed by atoms with E-state index >= 15 is 0 Å². The SMILES string of the molecule is C#CCN(CC1CC1)C(=O)C(F)(F)F. The van der Waals surface area contributed by atoms with E-state index in [1.807, 2.05) is 0 Å². The van der Waals surface area contributed by atoms with Gasteiger partial charge in [0, 0.05) is 6.54 Å². The van der Waals surface area contributed by atoms with Crippen LogP contribution in [-0.4, -0.2) is 30.1 Å². The van der Waals surface area contributed by atoms with Gasteiger partial charge in [-0.15, -0.1) is 6.42 Å². The largest absolute Gasteiger partial charge is 0.471 e. The van der Waals surface area contributed by atoms with Crippen LogP contribution in [0, 0.1) is 18.3 Å². The highest BCUT2D eigenvalue weighted by Crippen LogP contribution is 2.31. The van der Waals surface area contributed by atoms with Crippen molar-refractivity contribution in [1.82, 2.24) is 4.90 Å². The number of hydrogen-bond acceptors (Lipinski definition) is 1. The van der Waals surface area contributed by atoms with Gasteiger partial charge in [0.05, 0.1) is 6.54 Å². The predicted molar refractivity (Wildman–Crippen MR) is 44.2 cm³/mol. The molecule has 0 unspecified atom stereocenters. The Balaban J connectivity index is 2.56. The second-order valence-electron chi connectivity index (χ2n) is 3.33. The molecule has 1 aliphatic rings. The summed E-state index contributed by atoms with van der Waals surface area (Å²) >= 11 is 0. The molecule has 2 nitrogen and oxygen atoms in total. The molecule has 78 valence electrons. The minimum atomic E-state index is -4.81. The van der Waals surface area contributed by atoms with Gasteiger partial charge in [-0.2, -0.15) is 13.2 Å². The molecule has 0 heterocycles. The summed E-state index contributed by atoms with van der Waals surface area (Å²) in [5.74, 6) is 0.431. The number of alkyl halides is 3. The van der Waals surface area contributed by atoms with E-state index in [4.69, 9.17) is 6.42 Å². The van der Waals surface area contributed by atoms with Crippen LogP contribution < -0.4 is 0 Å². The molecule has 0 atom stereocenters. The topological polar surface area (TPSA) is 20.3 Å². The van der Waals surface area contributed by atoms with Crippen molar-refractivity contribution >= 4 is 5.91 Å². The molecule has 1 amide bonds. The van der Waals surface area contributed by atoms with E-state index in [-0.39, 0.29) is 19.0 Å². The van der Waals surface area contributed by atoms with Gasteiger partial charge >= 0.3 is 12.1 Å². The zero-order chi connectivity index (χ0) is 10.8. The molecule has 1 rings (SSSR count). The average Bonchev–Trinajstić information content (AvgIpc) is 2.84. The Labute approximate surface area is 80.1 Å². The smallest absolute Gasteiger partial charge is 0.323 e. The standard InChI is InChI=1S/C9H10F3NO/c1-2-5-13(6-7-3-4-7)8(14)9(10,11)12/h1,7H,3-6H2. The molecule has 0 radical (unpaired) electrons. The number of carbonyl (C=O) groups excluding carboxylic acids is 1. The molecule has 0 aromatic carbocycles. The van der Waals surface area contributed by atoms with Crippen molar-refractivity contribution in [3.8, 4) is 12.3 Å². The van der Waals surface area contributed by atoms with Gasteiger partial charge < -0.3 is 4.90 Å². The number of carbonyl (C=O) groups is 1. The fourth-order valence-electron chi connectivity index (χ4n) is 1.12. The molecule has 5 heteroatoms. The number of terminal acetylenes is 1. The summed E-state index contributed by atoms with van der Waals surface area (Å²) in [5, 5.41) is 0. The van der Waals surface area contributed by atoms with Crippen LogP contribution in [0.1, 0.15) is 12.8 Å². The van der Waals surface area contributed by atoms with Crippen LogP contribution in [0.3, 0.4) is 0 Å². The third-order valence-electron chi connectivity index (χ3n) is 1.99. The van der Waals surface area contributed by atoms with Crippen molar-refractivity contribution in [3.63, 3.8) is 0 Å². The molecule has 14 heavy (non-hydrogen) atoms. The predicted octanol–water partition coefficient (Wildman–Crippen LogP) is 1.42. The summed E-state index contributed by atoms with van der Waals surface area (Å²) in [6.45, 7) is -0.141. The second-order valence-corrected chi connectivity index (χ2v) is 3.33. The molecule has 0 bridgehead atoms. The first kappa shape index (κ1) is 10.9. The Morgan fingerprint density at radius 2 is 2.07 bits per heavy atom. The van der Waals surface area contributed by atoms with Crippen LogP contribution in [0.25, 0.3) is 0 Å². The first-order chi connectivity index (χ1) is 6.45. The molecular weight excluding hydrogens is 195 g/mol. The van der Waals surface area contributed by atoms with Crippen molar-refractivity contribution in [2.75, 3.05) is 13.1 Å². The van der Waals surface area contributed by atoms with E-state index in [0.29, 0.717) is 4.90 Å². The molecule has 0 aromatic heterocycles. The fourth-order valence-corrected chi connectivity index (χ4v) is 1.12. The van der Waals surface area contributed by atoms with Crippen LogP contribution in [0.2, 0.25) is 0 Å². The van der Waals surface area contributed by atoms with Crippen molar-refractivity contribution in [1.29, 1.82) is 0 Å². The van der Waals surface area contributed by atoms with Gasteiger partial charge in [-0.05, 0) is 18.8 Å². The van der Waals surface area contributed by atoms with Crippen LogP contribution in [-0.2, 0) is 4.79 Å². The molecule has 1 saturated carbocycles. The van der Waals surface area contributed by atoms with Gasteiger partial charge in [-0.1, -0.05) is 5.92 Å². The third kappa shape index (κ3) is 2.95. The van der Waals surface area contributed by atoms with Gasteiger partial charge in [0.25, 0.3) is 0 Å². The highest BCUT2D eigenvalue weighted by Gasteiger charge is 2.43. The minimum absolute atomic E-state index is 0.128. The Bertz CT molecular complexity index is 262. The summed E-state index contributed by atoms with van der Waals surface area (Å²) in [6.07, 6.45) is 1.84. The highest BCUT2D eigenvalue weighted by atomic mass is 19.4. The van der Waals surface area contributed by atoms with E-state index in [1.165, 1.54) is 0 Å². The third-order valence-corrected chi connectivity index (χ3v) is 1.99. The molecule has 0 N–H and O–H groups in total. The Kier molecular flexibility index (Phi) is 3.04. The summed E-state index contributed by atoms with van der Waals surface area (Å²) in [5.41, 5.74) is 0. The maximum Gasteiger partial charge on any atom is 0.471 e. The second kappa shape index (κ2) is 3.91. The highest BCUT2D eigenvalue weighted by molar-refractivity contribution is 5.82. The zero-order valence-electron chi connectivity index (χ0n) is 7.47. The van der Waals surface area contributed by atoms with Crippen molar-refractivity contribution < 1.29 is 18.0 Å². The van der Waals surface area contributed by atoms with Gasteiger partial charge in [-0.3, -0.25) is 4.79 Å². The maximum atomic E-state index is 12.0. The maximum absolute atomic E-state index is 12.0. The van der Waals surface area contributed by atoms with E-state index in [9.17, 15) is 18.0 Å². The minimum Gasteiger partial charge on any atom is -0.323 e. The van der Waals surface area contributed by atoms with Crippen molar-refractivity contribution in [2.24, 2.45) is 5.92 Å². The van der Waals surface area contributed by atoms with E-state index in [1.54, 1.807) is 0 Å². The summed E-state index contributed by atoms with van der Waals surface area (Å²) in [4.78, 5) is 11.5. The summed E-state index contributed by atoms with van der Waals surface area (Å²) in [6, 6.07) is 0. The van der Waals surface area contributed by atoms with Crippen LogP contribution in [0.15, 0.2) is 0 Å². The van der Waals surface area contributed by atoms with Crippen LogP contribution in [0.5, 0.6) is 0 Å². The lowest BCUT2D eigenvalue weighted by Crippen LogP contribution is -2.42. The molecule has 1 fully saturated rings. The molecule has 1 aliphatic carbocycles. The van der Waals surface area contributed by atoms with Gasteiger partial charge in [0.15, 0.2) is 0 Å². The number of rotatable bonds is 3. The monoisotopic (exact) mass is 205 g/mol. The van der Waals surface area contributed by atoms with Crippen molar-refractivity contribution in [2.45, 2.75) is 19.0 Å². The lowest BCUT2D eigenvalue weighted by Gasteiger charge is -2.20. The lowest BCUT2D eigenvalue weighted by molar-refractivity contribution is -0.185. The van der Waals surface area contributed by atoms with Crippen LogP contribution in [0.4, 0.5) is 13.2 Å². The molecule has 0 aromatic rings. The van der Waals surface area contributed by atoms with Gasteiger partial charge in [0.1, 0.15) is 0 Å². The average molecular weight is 205 g/mol. The molecule has 0 aliphatic heterocycles. The lowest BCUT2D eigenvalue weighted by atomic mass is 10.3. The van der Waals surface area contributed by atoms with E-state index < -0.39 is 12.1 Å². The number of halogens is 3. The normalized spacial score (nSPS) is 16.1. The van der Waals surface area contributed by atoms with E-state index in [0.717, 1.165) is 12.8 Å². The molecule has 0 spiro atoms. The fraction of sp³-hybridized carbons (Fsp3) is 0.667. The summed E-state index contributed by atoms with van der Waals surface area (Å²) < 4.78 is 36.1. The quantitative estimate of drug-likeness (QED) is 0.638. The molecular formula is C9H10F3NO. The first-order valence-corrected chi connectivity index (χ1v) is 4.24. The number of nitrogens with zero attached hydrogens (tertiary/aromatic N) is 1. The van der Waals surface area contributed by atoms with E-state index in [2.05, 4.69) is 5.92 Å².